The van der Waals surface area contributed by atoms with Crippen LogP contribution < -0.4 is 5.32 Å². The van der Waals surface area contributed by atoms with Crippen molar-refractivity contribution in [2.45, 2.75) is 51.2 Å². The summed E-state index contributed by atoms with van der Waals surface area (Å²) in [4.78, 5) is 28.8. The molecule has 2 heterocycles. The van der Waals surface area contributed by atoms with Crippen LogP contribution in [0.4, 0.5) is 5.95 Å². The van der Waals surface area contributed by atoms with E-state index in [-0.39, 0.29) is 16.4 Å². The Morgan fingerprint density at radius 1 is 1.09 bits per heavy atom. The zero-order valence-electron chi connectivity index (χ0n) is 19.2. The fraction of sp³-hybridized carbons (Fsp3) is 0.400. The van der Waals surface area contributed by atoms with E-state index in [0.717, 1.165) is 31.2 Å². The molecule has 1 fully saturated rings. The normalized spacial score (nSPS) is 14.3. The first-order chi connectivity index (χ1) is 16.6. The minimum atomic E-state index is -0.452. The lowest BCUT2D eigenvalue weighted by Crippen LogP contribution is -2.43. The molecular formula is C25H28ClN5O3. The van der Waals surface area contributed by atoms with Gasteiger partial charge in [0.25, 0.3) is 0 Å². The summed E-state index contributed by atoms with van der Waals surface area (Å²) >= 11 is 5.66. The Morgan fingerprint density at radius 3 is 2.50 bits per heavy atom. The molecule has 1 aliphatic carbocycles. The predicted molar refractivity (Wildman–Crippen MR) is 129 cm³/mol. The number of aryl methyl sites for hydroxylation is 1. The molecule has 9 heteroatoms. The summed E-state index contributed by atoms with van der Waals surface area (Å²) in [6.45, 7) is 3.45. The third-order valence-electron chi connectivity index (χ3n) is 5.95. The van der Waals surface area contributed by atoms with Crippen LogP contribution >= 0.6 is 11.6 Å². The van der Waals surface area contributed by atoms with Gasteiger partial charge >= 0.3 is 5.97 Å². The number of benzene rings is 1. The van der Waals surface area contributed by atoms with E-state index in [1.165, 1.54) is 23.5 Å². The molecule has 1 aliphatic rings. The average Bonchev–Trinajstić information content (AvgIpc) is 2.84. The molecule has 34 heavy (non-hydrogen) atoms. The van der Waals surface area contributed by atoms with Gasteiger partial charge in [0.2, 0.25) is 11.2 Å². The zero-order chi connectivity index (χ0) is 23.8. The van der Waals surface area contributed by atoms with Crippen LogP contribution in [-0.4, -0.2) is 39.1 Å². The van der Waals surface area contributed by atoms with Crippen molar-refractivity contribution in [3.63, 3.8) is 0 Å². The number of esters is 1. The lowest BCUT2D eigenvalue weighted by atomic mass is 9.70. The Kier molecular flexibility index (Phi) is 8.03. The molecule has 1 aromatic carbocycles. The maximum absolute atomic E-state index is 12.2. The second-order valence-electron chi connectivity index (χ2n) is 8.25. The first kappa shape index (κ1) is 24.0. The van der Waals surface area contributed by atoms with Crippen molar-refractivity contribution in [3.05, 3.63) is 76.6 Å². The van der Waals surface area contributed by atoms with Gasteiger partial charge < -0.3 is 14.8 Å². The third kappa shape index (κ3) is 5.87. The third-order valence-corrected chi connectivity index (χ3v) is 6.14. The van der Waals surface area contributed by atoms with Gasteiger partial charge in [-0.25, -0.2) is 24.7 Å². The van der Waals surface area contributed by atoms with Gasteiger partial charge in [-0.3, -0.25) is 0 Å². The number of anilines is 1. The van der Waals surface area contributed by atoms with Gasteiger partial charge in [0.15, 0.2) is 0 Å². The summed E-state index contributed by atoms with van der Waals surface area (Å²) in [6.07, 6.45) is 11.0. The van der Waals surface area contributed by atoms with E-state index in [4.69, 9.17) is 21.1 Å². The molecule has 0 amide bonds. The van der Waals surface area contributed by atoms with Crippen LogP contribution in [-0.2, 0) is 28.0 Å². The molecule has 0 spiro atoms. The van der Waals surface area contributed by atoms with E-state index in [1.807, 2.05) is 25.4 Å². The summed E-state index contributed by atoms with van der Waals surface area (Å²) in [5, 5.41) is 3.69. The van der Waals surface area contributed by atoms with Gasteiger partial charge in [0, 0.05) is 37.0 Å². The molecule has 0 radical (unpaired) electrons. The minimum Gasteiger partial charge on any atom is -0.462 e. The molecular weight excluding hydrogens is 454 g/mol. The van der Waals surface area contributed by atoms with Crippen LogP contribution in [0.5, 0.6) is 0 Å². The first-order valence-electron chi connectivity index (χ1n) is 11.5. The quantitative estimate of drug-likeness (QED) is 0.238. The number of hydrogen-bond donors (Lipinski definition) is 1. The van der Waals surface area contributed by atoms with Gasteiger partial charge in [0.1, 0.15) is 0 Å². The summed E-state index contributed by atoms with van der Waals surface area (Å²) in [6, 6.07) is 8.41. The van der Waals surface area contributed by atoms with E-state index < -0.39 is 5.97 Å². The van der Waals surface area contributed by atoms with Crippen molar-refractivity contribution >= 4 is 23.5 Å². The molecule has 3 aromatic rings. The number of carbonyl (C=O) groups excluding carboxylic acids is 1. The van der Waals surface area contributed by atoms with Crippen molar-refractivity contribution in [3.8, 4) is 0 Å². The van der Waals surface area contributed by atoms with Gasteiger partial charge in [-0.05, 0) is 61.8 Å². The topological polar surface area (TPSA) is 99.1 Å². The van der Waals surface area contributed by atoms with E-state index in [0.29, 0.717) is 32.2 Å². The molecule has 0 bridgehead atoms. The largest absolute Gasteiger partial charge is 0.462 e. The van der Waals surface area contributed by atoms with E-state index in [2.05, 4.69) is 43.5 Å². The van der Waals surface area contributed by atoms with Gasteiger partial charge in [-0.15, -0.1) is 0 Å². The van der Waals surface area contributed by atoms with Crippen LogP contribution in [0.2, 0.25) is 5.28 Å². The van der Waals surface area contributed by atoms with Gasteiger partial charge in [-0.2, -0.15) is 0 Å². The zero-order valence-corrected chi connectivity index (χ0v) is 19.9. The smallest absolute Gasteiger partial charge is 0.341 e. The number of ether oxygens (including phenoxy) is 2. The second-order valence-corrected chi connectivity index (χ2v) is 8.59. The molecule has 1 saturated carbocycles. The number of nitrogens with zero attached hydrogens (tertiary/aromatic N) is 4. The lowest BCUT2D eigenvalue weighted by molar-refractivity contribution is 0.0499. The highest BCUT2D eigenvalue weighted by Crippen LogP contribution is 2.45. The number of carbonyl (C=O) groups is 1. The molecule has 0 unspecified atom stereocenters. The summed E-state index contributed by atoms with van der Waals surface area (Å²) in [7, 11) is 0. The standard InChI is InChI=1S/C25H28ClN5O3/c1-2-33-17-18-13-29-24(30-14-18)31-25(10-6-11-25)21-9-4-3-7-19(21)8-5-12-34-22(32)20-15-27-23(26)28-16-20/h3-4,7,9,13-16H,2,5-6,8,10-12,17H2,1H3,(H,29,30,31). The number of hydrogen-bond acceptors (Lipinski definition) is 8. The summed E-state index contributed by atoms with van der Waals surface area (Å²) in [5.41, 5.74) is 3.54. The molecule has 4 rings (SSSR count). The van der Waals surface area contributed by atoms with E-state index in [1.54, 1.807) is 0 Å². The Balaban J connectivity index is 1.37. The molecule has 0 atom stereocenters. The maximum Gasteiger partial charge on any atom is 0.341 e. The minimum absolute atomic E-state index is 0.0959. The van der Waals surface area contributed by atoms with Gasteiger partial charge in [-0.1, -0.05) is 24.3 Å². The molecule has 0 aliphatic heterocycles. The monoisotopic (exact) mass is 481 g/mol. The fourth-order valence-electron chi connectivity index (χ4n) is 4.05. The Morgan fingerprint density at radius 2 is 1.82 bits per heavy atom. The number of nitrogens with one attached hydrogen (secondary N) is 1. The average molecular weight is 482 g/mol. The van der Waals surface area contributed by atoms with Crippen molar-refractivity contribution in [1.29, 1.82) is 0 Å². The molecule has 2 aromatic heterocycles. The van der Waals surface area contributed by atoms with Crippen LogP contribution in [0, 0.1) is 0 Å². The Labute approximate surface area is 204 Å². The van der Waals surface area contributed by atoms with Crippen molar-refractivity contribution < 1.29 is 14.3 Å². The fourth-order valence-corrected chi connectivity index (χ4v) is 4.15. The molecule has 8 nitrogen and oxygen atoms in total. The first-order valence-corrected chi connectivity index (χ1v) is 11.9. The summed E-state index contributed by atoms with van der Waals surface area (Å²) < 4.78 is 10.8. The van der Waals surface area contributed by atoms with Crippen molar-refractivity contribution in [2.75, 3.05) is 18.5 Å². The van der Waals surface area contributed by atoms with Crippen LogP contribution in [0.15, 0.2) is 49.1 Å². The van der Waals surface area contributed by atoms with Crippen LogP contribution in [0.25, 0.3) is 0 Å². The SMILES string of the molecule is CCOCc1cnc(NC2(c3ccccc3CCCOC(=O)c3cnc(Cl)nc3)CCC2)nc1. The highest BCUT2D eigenvalue weighted by Gasteiger charge is 2.40. The maximum atomic E-state index is 12.2. The predicted octanol–water partition coefficient (Wildman–Crippen LogP) is 4.74. The van der Waals surface area contributed by atoms with Crippen molar-refractivity contribution in [1.82, 2.24) is 19.9 Å². The molecule has 178 valence electrons. The number of halogens is 1. The summed E-state index contributed by atoms with van der Waals surface area (Å²) in [5.74, 6) is 0.167. The second kappa shape index (κ2) is 11.4. The highest BCUT2D eigenvalue weighted by atomic mass is 35.5. The van der Waals surface area contributed by atoms with Crippen molar-refractivity contribution in [2.24, 2.45) is 0 Å². The van der Waals surface area contributed by atoms with Gasteiger partial charge in [0.05, 0.1) is 24.3 Å². The Bertz CT molecular complexity index is 1090. The van der Waals surface area contributed by atoms with E-state index >= 15 is 0 Å². The molecule has 1 N–H and O–H groups in total. The highest BCUT2D eigenvalue weighted by molar-refractivity contribution is 6.28. The van der Waals surface area contributed by atoms with E-state index in [9.17, 15) is 4.79 Å². The van der Waals surface area contributed by atoms with Crippen LogP contribution in [0.1, 0.15) is 59.7 Å². The molecule has 0 saturated heterocycles. The van der Waals surface area contributed by atoms with Crippen LogP contribution in [0.3, 0.4) is 0 Å². The number of aromatic nitrogens is 4. The lowest BCUT2D eigenvalue weighted by Gasteiger charge is -2.44. The Hall–Kier alpha value is -3.10. The number of rotatable bonds is 11.